The topological polar surface area (TPSA) is 137 Å². The molecule has 0 saturated heterocycles. The molecule has 4 atom stereocenters. The van der Waals surface area contributed by atoms with Gasteiger partial charge < -0.3 is 24.8 Å². The Kier molecular flexibility index (Phi) is 10.0. The van der Waals surface area contributed by atoms with Crippen LogP contribution in [-0.4, -0.2) is 57.6 Å². The maximum Gasteiger partial charge on any atom is 0.502 e. The van der Waals surface area contributed by atoms with Crippen LogP contribution in [0.2, 0.25) is 0 Å². The lowest BCUT2D eigenvalue weighted by molar-refractivity contribution is -0.149. The lowest BCUT2D eigenvalue weighted by Crippen LogP contribution is -2.47. The van der Waals surface area contributed by atoms with Gasteiger partial charge in [0.1, 0.15) is 16.5 Å². The van der Waals surface area contributed by atoms with Crippen LogP contribution in [0.3, 0.4) is 0 Å². The van der Waals surface area contributed by atoms with Gasteiger partial charge in [0.2, 0.25) is 5.91 Å². The lowest BCUT2D eigenvalue weighted by atomic mass is 9.87. The summed E-state index contributed by atoms with van der Waals surface area (Å²) in [7, 11) is -4.80. The van der Waals surface area contributed by atoms with Crippen molar-refractivity contribution >= 4 is 33.3 Å². The van der Waals surface area contributed by atoms with Crippen LogP contribution in [0, 0.1) is 35.3 Å². The summed E-state index contributed by atoms with van der Waals surface area (Å²) in [5.74, 6) is -6.36. The quantitative estimate of drug-likeness (QED) is 0.193. The SMILES string of the molecule is CCOC(=O)[C@H]1CC[C@@H](Oc2cc(C(=O)N[C@H]3[C@@H](C(=O)Nc4ccc(F)c(S(=O)(=O)C(F)(F)F)c4)[C@@H]4C=C[C@H]3C4)c(OC)cc2F)CC1. The van der Waals surface area contributed by atoms with E-state index in [1.807, 2.05) is 6.08 Å². The monoisotopic (exact) mass is 700 g/mol. The molecular weight excluding hydrogens is 667 g/mol. The van der Waals surface area contributed by atoms with Crippen molar-refractivity contribution in [3.05, 3.63) is 59.7 Å². The number of allylic oxidation sites excluding steroid dienone is 1. The summed E-state index contributed by atoms with van der Waals surface area (Å²) in [6, 6.07) is 3.19. The fraction of sp³-hybridized carbons (Fsp3) is 0.469. The third kappa shape index (κ3) is 6.98. The number of sulfone groups is 1. The van der Waals surface area contributed by atoms with Gasteiger partial charge >= 0.3 is 11.5 Å². The third-order valence-corrected chi connectivity index (χ3v) is 10.4. The molecule has 0 radical (unpaired) electrons. The van der Waals surface area contributed by atoms with E-state index in [1.54, 1.807) is 13.0 Å². The van der Waals surface area contributed by atoms with E-state index in [4.69, 9.17) is 14.2 Å². The minimum atomic E-state index is -6.04. The van der Waals surface area contributed by atoms with Crippen LogP contribution in [0.1, 0.15) is 49.4 Å². The van der Waals surface area contributed by atoms with Gasteiger partial charge in [0.25, 0.3) is 15.7 Å². The van der Waals surface area contributed by atoms with Crippen molar-refractivity contribution < 1.29 is 59.0 Å². The number of benzene rings is 2. The number of carbonyl (C=O) groups excluding carboxylic acids is 3. The molecule has 2 N–H and O–H groups in total. The second-order valence-corrected chi connectivity index (χ2v) is 13.8. The zero-order valence-corrected chi connectivity index (χ0v) is 26.6. The van der Waals surface area contributed by atoms with Crippen molar-refractivity contribution in [1.29, 1.82) is 0 Å². The molecule has 16 heteroatoms. The molecule has 5 rings (SSSR count). The highest BCUT2D eigenvalue weighted by Crippen LogP contribution is 2.45. The number of carbonyl (C=O) groups is 3. The molecule has 0 aliphatic heterocycles. The fourth-order valence-electron chi connectivity index (χ4n) is 6.57. The molecule has 0 aromatic heterocycles. The number of hydrogen-bond acceptors (Lipinski definition) is 8. The van der Waals surface area contributed by atoms with Gasteiger partial charge in [0, 0.05) is 17.8 Å². The number of methoxy groups -OCH3 is 1. The van der Waals surface area contributed by atoms with Crippen LogP contribution in [0.5, 0.6) is 11.5 Å². The number of halogens is 5. The number of amides is 2. The van der Waals surface area contributed by atoms with Crippen molar-refractivity contribution in [3.63, 3.8) is 0 Å². The van der Waals surface area contributed by atoms with Crippen molar-refractivity contribution in [2.45, 2.75) is 61.6 Å². The first-order valence-corrected chi connectivity index (χ1v) is 16.7. The van der Waals surface area contributed by atoms with Crippen LogP contribution in [0.4, 0.5) is 27.6 Å². The van der Waals surface area contributed by atoms with Crippen molar-refractivity contribution in [2.75, 3.05) is 19.0 Å². The summed E-state index contributed by atoms with van der Waals surface area (Å²) < 4.78 is 108. The first-order chi connectivity index (χ1) is 22.6. The number of rotatable bonds is 10. The van der Waals surface area contributed by atoms with Gasteiger partial charge in [-0.2, -0.15) is 13.2 Å². The van der Waals surface area contributed by atoms with Crippen LogP contribution in [0.25, 0.3) is 0 Å². The van der Waals surface area contributed by atoms with Gasteiger partial charge in [0.05, 0.1) is 37.2 Å². The Bertz CT molecular complexity index is 1720. The highest BCUT2D eigenvalue weighted by Gasteiger charge is 2.50. The lowest BCUT2D eigenvalue weighted by Gasteiger charge is -2.29. The summed E-state index contributed by atoms with van der Waals surface area (Å²) in [6.45, 7) is 1.99. The molecule has 260 valence electrons. The minimum absolute atomic E-state index is 0.0828. The minimum Gasteiger partial charge on any atom is -0.496 e. The molecule has 3 aliphatic carbocycles. The Labute approximate surface area is 272 Å². The summed E-state index contributed by atoms with van der Waals surface area (Å²) in [6.07, 6.45) is 5.53. The molecule has 10 nitrogen and oxygen atoms in total. The zero-order chi connectivity index (χ0) is 35.0. The average molecular weight is 701 g/mol. The van der Waals surface area contributed by atoms with Gasteiger partial charge in [-0.15, -0.1) is 0 Å². The number of ether oxygens (including phenoxy) is 3. The first-order valence-electron chi connectivity index (χ1n) is 15.3. The molecule has 3 aliphatic rings. The number of nitrogens with one attached hydrogen (secondary N) is 2. The van der Waals surface area contributed by atoms with E-state index in [9.17, 15) is 40.4 Å². The van der Waals surface area contributed by atoms with E-state index < -0.39 is 61.8 Å². The molecule has 2 aromatic carbocycles. The number of esters is 1. The van der Waals surface area contributed by atoms with E-state index in [0.717, 1.165) is 12.1 Å². The number of alkyl halides is 3. The smallest absolute Gasteiger partial charge is 0.496 e. The van der Waals surface area contributed by atoms with E-state index >= 15 is 4.39 Å². The van der Waals surface area contributed by atoms with Gasteiger partial charge in [-0.1, -0.05) is 12.2 Å². The largest absolute Gasteiger partial charge is 0.502 e. The van der Waals surface area contributed by atoms with E-state index in [0.29, 0.717) is 44.2 Å². The van der Waals surface area contributed by atoms with Gasteiger partial charge in [-0.25, -0.2) is 17.2 Å². The van der Waals surface area contributed by atoms with E-state index in [2.05, 4.69) is 10.6 Å². The molecule has 48 heavy (non-hydrogen) atoms. The van der Waals surface area contributed by atoms with Gasteiger partial charge in [-0.05, 0) is 75.1 Å². The molecular formula is C32H33F5N2O8S. The van der Waals surface area contributed by atoms with Crippen LogP contribution >= 0.6 is 0 Å². The summed E-state index contributed by atoms with van der Waals surface area (Å²) in [5, 5.41) is 5.16. The Hall–Kier alpha value is -4.21. The zero-order valence-electron chi connectivity index (χ0n) is 25.8. The molecule has 2 fully saturated rings. The standard InChI is InChI=1S/C32H33F5N2O8S/c1-3-46-31(42)16-6-9-20(10-7-16)47-25-14-21(24(45-2)15-23(25)34)29(40)39-28-18-5-4-17(12-18)27(28)30(41)38-19-8-11-22(33)26(13-19)48(43,44)32(35,36)37/h4-5,8,11,13-18,20,27-28H,3,6-7,9-10,12H2,1-2H3,(H,38,41)(H,39,40)/t16-,17-,18+,20+,27+,28-/m1/s1. The Balaban J connectivity index is 1.31. The van der Waals surface area contributed by atoms with Crippen molar-refractivity contribution in [3.8, 4) is 11.5 Å². The molecule has 0 spiro atoms. The first kappa shape index (κ1) is 35.1. The van der Waals surface area contributed by atoms with Crippen molar-refractivity contribution in [2.24, 2.45) is 23.7 Å². The molecule has 2 aromatic rings. The normalized spacial score (nSPS) is 25.0. The number of anilines is 1. The maximum atomic E-state index is 15.0. The molecule has 2 saturated carbocycles. The summed E-state index contributed by atoms with van der Waals surface area (Å²) in [5.41, 5.74) is -6.24. The van der Waals surface area contributed by atoms with Crippen molar-refractivity contribution in [1.82, 2.24) is 5.32 Å². The number of hydrogen-bond donors (Lipinski definition) is 2. The highest BCUT2D eigenvalue weighted by molar-refractivity contribution is 7.92. The van der Waals surface area contributed by atoms with Gasteiger partial charge in [-0.3, -0.25) is 14.4 Å². The van der Waals surface area contributed by atoms with E-state index in [-0.39, 0.29) is 53.1 Å². The van der Waals surface area contributed by atoms with Gasteiger partial charge in [0.15, 0.2) is 11.6 Å². The van der Waals surface area contributed by atoms with Crippen LogP contribution in [-0.2, 0) is 24.2 Å². The second-order valence-electron chi connectivity index (χ2n) is 11.9. The Morgan fingerprint density at radius 3 is 2.27 bits per heavy atom. The second kappa shape index (κ2) is 13.7. The predicted molar refractivity (Wildman–Crippen MR) is 160 cm³/mol. The molecule has 2 amide bonds. The molecule has 0 heterocycles. The molecule has 2 bridgehead atoms. The molecule has 0 unspecified atom stereocenters. The average Bonchev–Trinajstić information content (AvgIpc) is 3.64. The number of fused-ring (bicyclic) bond motifs is 2. The maximum absolute atomic E-state index is 15.0. The summed E-state index contributed by atoms with van der Waals surface area (Å²) in [4.78, 5) is 37.5. The van der Waals surface area contributed by atoms with E-state index in [1.165, 1.54) is 13.2 Å². The Morgan fingerprint density at radius 2 is 1.62 bits per heavy atom. The fourth-order valence-corrected chi connectivity index (χ4v) is 7.43. The van der Waals surface area contributed by atoms with Crippen LogP contribution in [0.15, 0.2) is 47.4 Å². The summed E-state index contributed by atoms with van der Waals surface area (Å²) >= 11 is 0. The highest BCUT2D eigenvalue weighted by atomic mass is 32.2. The predicted octanol–water partition coefficient (Wildman–Crippen LogP) is 5.33. The Morgan fingerprint density at radius 1 is 0.938 bits per heavy atom. The van der Waals surface area contributed by atoms with Crippen LogP contribution < -0.4 is 20.1 Å². The third-order valence-electron chi connectivity index (χ3n) is 8.94.